The maximum atomic E-state index is 11.3. The molecule has 3 N–H and O–H groups in total. The minimum atomic E-state index is -0.200. The van der Waals surface area contributed by atoms with Crippen molar-refractivity contribution in [1.82, 2.24) is 5.32 Å². The summed E-state index contributed by atoms with van der Waals surface area (Å²) in [5.41, 5.74) is 5.52. The van der Waals surface area contributed by atoms with Gasteiger partial charge in [0.2, 0.25) is 5.91 Å². The van der Waals surface area contributed by atoms with Gasteiger partial charge in [0.25, 0.3) is 0 Å². The van der Waals surface area contributed by atoms with Crippen LogP contribution >= 0.6 is 0 Å². The predicted molar refractivity (Wildman–Crippen MR) is 44.0 cm³/mol. The van der Waals surface area contributed by atoms with Gasteiger partial charge in [0.15, 0.2) is 0 Å². The Labute approximate surface area is 67.3 Å². The Morgan fingerprint density at radius 2 is 2.36 bits per heavy atom. The quantitative estimate of drug-likeness (QED) is 0.571. The normalized spacial score (nSPS) is 37.2. The molecular formula is C8H16N2O. The molecular weight excluding hydrogens is 140 g/mol. The second-order valence-corrected chi connectivity index (χ2v) is 3.64. The lowest BCUT2D eigenvalue weighted by molar-refractivity contribution is -0.129. The van der Waals surface area contributed by atoms with Crippen molar-refractivity contribution in [2.75, 3.05) is 7.05 Å². The van der Waals surface area contributed by atoms with Gasteiger partial charge in [-0.05, 0) is 19.3 Å². The fourth-order valence-electron chi connectivity index (χ4n) is 1.79. The number of nitrogens with two attached hydrogens (primary N) is 1. The summed E-state index contributed by atoms with van der Waals surface area (Å²) in [6.07, 6.45) is 2.73. The van der Waals surface area contributed by atoms with Gasteiger partial charge in [-0.1, -0.05) is 6.92 Å². The molecule has 1 saturated carbocycles. The average Bonchev–Trinajstić information content (AvgIpc) is 2.31. The Bertz CT molecular complexity index is 169. The number of amides is 1. The van der Waals surface area contributed by atoms with Crippen LogP contribution in [0.2, 0.25) is 0 Å². The average molecular weight is 156 g/mol. The molecule has 0 aromatic carbocycles. The monoisotopic (exact) mass is 156 g/mol. The van der Waals surface area contributed by atoms with Crippen LogP contribution in [0, 0.1) is 5.41 Å². The van der Waals surface area contributed by atoms with Gasteiger partial charge >= 0.3 is 0 Å². The highest BCUT2D eigenvalue weighted by Gasteiger charge is 2.39. The van der Waals surface area contributed by atoms with E-state index in [1.807, 2.05) is 6.92 Å². The van der Waals surface area contributed by atoms with E-state index in [1.165, 1.54) is 0 Å². The van der Waals surface area contributed by atoms with Crippen LogP contribution in [-0.2, 0) is 4.79 Å². The molecule has 0 radical (unpaired) electrons. The lowest BCUT2D eigenvalue weighted by atomic mass is 9.87. The summed E-state index contributed by atoms with van der Waals surface area (Å²) in [5, 5.41) is 2.67. The topological polar surface area (TPSA) is 55.1 Å². The molecule has 0 saturated heterocycles. The predicted octanol–water partition coefficient (Wildman–Crippen LogP) is 0.250. The fourth-order valence-corrected chi connectivity index (χ4v) is 1.79. The van der Waals surface area contributed by atoms with E-state index >= 15 is 0 Å². The SMILES string of the molecule is CNC(=O)C1(C)CCC(N)C1. The third kappa shape index (κ3) is 1.53. The Balaban J connectivity index is 2.61. The van der Waals surface area contributed by atoms with Crippen molar-refractivity contribution in [3.05, 3.63) is 0 Å². The van der Waals surface area contributed by atoms with E-state index in [4.69, 9.17) is 5.73 Å². The molecule has 0 bridgehead atoms. The highest BCUT2D eigenvalue weighted by molar-refractivity contribution is 5.82. The molecule has 0 spiro atoms. The third-order valence-corrected chi connectivity index (χ3v) is 2.55. The first-order valence-corrected chi connectivity index (χ1v) is 4.06. The summed E-state index contributed by atoms with van der Waals surface area (Å²) in [5.74, 6) is 0.130. The molecule has 0 aromatic heterocycles. The Morgan fingerprint density at radius 3 is 2.73 bits per heavy atom. The number of carbonyl (C=O) groups excluding carboxylic acids is 1. The summed E-state index contributed by atoms with van der Waals surface area (Å²) in [6.45, 7) is 1.98. The first kappa shape index (κ1) is 8.53. The van der Waals surface area contributed by atoms with Crippen LogP contribution in [0.3, 0.4) is 0 Å². The zero-order chi connectivity index (χ0) is 8.48. The number of nitrogens with one attached hydrogen (secondary N) is 1. The Morgan fingerprint density at radius 1 is 1.73 bits per heavy atom. The molecule has 0 heterocycles. The number of hydrogen-bond acceptors (Lipinski definition) is 2. The van der Waals surface area contributed by atoms with E-state index in [1.54, 1.807) is 7.05 Å². The van der Waals surface area contributed by atoms with Crippen molar-refractivity contribution >= 4 is 5.91 Å². The fraction of sp³-hybridized carbons (Fsp3) is 0.875. The number of hydrogen-bond donors (Lipinski definition) is 2. The maximum Gasteiger partial charge on any atom is 0.225 e. The molecule has 0 aliphatic heterocycles. The van der Waals surface area contributed by atoms with Gasteiger partial charge in [0, 0.05) is 18.5 Å². The highest BCUT2D eigenvalue weighted by atomic mass is 16.2. The van der Waals surface area contributed by atoms with Gasteiger partial charge in [0.05, 0.1) is 0 Å². The van der Waals surface area contributed by atoms with E-state index in [0.29, 0.717) is 0 Å². The molecule has 1 aliphatic carbocycles. The first-order chi connectivity index (χ1) is 5.08. The summed E-state index contributed by atoms with van der Waals surface area (Å²) < 4.78 is 0. The minimum absolute atomic E-state index is 0.130. The summed E-state index contributed by atoms with van der Waals surface area (Å²) in [4.78, 5) is 11.3. The molecule has 2 atom stereocenters. The second kappa shape index (κ2) is 2.81. The zero-order valence-corrected chi connectivity index (χ0v) is 7.18. The van der Waals surface area contributed by atoms with E-state index in [0.717, 1.165) is 19.3 Å². The molecule has 1 fully saturated rings. The molecule has 1 aliphatic rings. The lowest BCUT2D eigenvalue weighted by Gasteiger charge is -2.20. The van der Waals surface area contributed by atoms with Crippen LogP contribution in [-0.4, -0.2) is 19.0 Å². The van der Waals surface area contributed by atoms with Crippen LogP contribution in [0.4, 0.5) is 0 Å². The molecule has 11 heavy (non-hydrogen) atoms. The smallest absolute Gasteiger partial charge is 0.225 e. The van der Waals surface area contributed by atoms with Crippen molar-refractivity contribution in [3.63, 3.8) is 0 Å². The highest BCUT2D eigenvalue weighted by Crippen LogP contribution is 2.36. The molecule has 64 valence electrons. The second-order valence-electron chi connectivity index (χ2n) is 3.64. The van der Waals surface area contributed by atoms with E-state index < -0.39 is 0 Å². The molecule has 2 unspecified atom stereocenters. The largest absolute Gasteiger partial charge is 0.359 e. The number of rotatable bonds is 1. The van der Waals surface area contributed by atoms with Crippen LogP contribution in [0.5, 0.6) is 0 Å². The van der Waals surface area contributed by atoms with Gasteiger partial charge < -0.3 is 11.1 Å². The van der Waals surface area contributed by atoms with Crippen LogP contribution in [0.1, 0.15) is 26.2 Å². The summed E-state index contributed by atoms with van der Waals surface area (Å²) >= 11 is 0. The van der Waals surface area contributed by atoms with E-state index in [-0.39, 0.29) is 17.4 Å². The third-order valence-electron chi connectivity index (χ3n) is 2.55. The summed E-state index contributed by atoms with van der Waals surface area (Å²) in [6, 6.07) is 0.220. The van der Waals surface area contributed by atoms with Crippen LogP contribution in [0.15, 0.2) is 0 Å². The molecule has 3 nitrogen and oxygen atoms in total. The number of carbonyl (C=O) groups is 1. The van der Waals surface area contributed by atoms with Crippen molar-refractivity contribution in [3.8, 4) is 0 Å². The van der Waals surface area contributed by atoms with Crippen molar-refractivity contribution in [2.45, 2.75) is 32.2 Å². The Hall–Kier alpha value is -0.570. The van der Waals surface area contributed by atoms with Crippen LogP contribution < -0.4 is 11.1 Å². The molecule has 0 aromatic rings. The van der Waals surface area contributed by atoms with E-state index in [9.17, 15) is 4.79 Å². The summed E-state index contributed by atoms with van der Waals surface area (Å²) in [7, 11) is 1.68. The standard InChI is InChI=1S/C8H16N2O/c1-8(7(11)10-2)4-3-6(9)5-8/h6H,3-5,9H2,1-2H3,(H,10,11). The van der Waals surface area contributed by atoms with E-state index in [2.05, 4.69) is 5.32 Å². The zero-order valence-electron chi connectivity index (χ0n) is 7.18. The molecule has 1 amide bonds. The molecule has 3 heteroatoms. The van der Waals surface area contributed by atoms with Crippen molar-refractivity contribution in [1.29, 1.82) is 0 Å². The molecule has 1 rings (SSSR count). The van der Waals surface area contributed by atoms with Crippen LogP contribution in [0.25, 0.3) is 0 Å². The van der Waals surface area contributed by atoms with Gasteiger partial charge in [0.1, 0.15) is 0 Å². The van der Waals surface area contributed by atoms with Gasteiger partial charge in [-0.25, -0.2) is 0 Å². The van der Waals surface area contributed by atoms with Gasteiger partial charge in [-0.2, -0.15) is 0 Å². The van der Waals surface area contributed by atoms with Crippen molar-refractivity contribution < 1.29 is 4.79 Å². The first-order valence-electron chi connectivity index (χ1n) is 4.06. The maximum absolute atomic E-state index is 11.3. The van der Waals surface area contributed by atoms with Gasteiger partial charge in [-0.3, -0.25) is 4.79 Å². The van der Waals surface area contributed by atoms with Crippen molar-refractivity contribution in [2.24, 2.45) is 11.1 Å². The Kier molecular flexibility index (Phi) is 2.18. The minimum Gasteiger partial charge on any atom is -0.359 e. The van der Waals surface area contributed by atoms with Gasteiger partial charge in [-0.15, -0.1) is 0 Å². The lowest BCUT2D eigenvalue weighted by Crippen LogP contribution is -2.35.